The highest BCUT2D eigenvalue weighted by atomic mass is 15.3. The van der Waals surface area contributed by atoms with Crippen LogP contribution in [0.15, 0.2) is 41.7 Å². The van der Waals surface area contributed by atoms with Crippen LogP contribution < -0.4 is 10.6 Å². The number of hydrogen-bond donors (Lipinski definition) is 2. The van der Waals surface area contributed by atoms with Crippen LogP contribution in [0.5, 0.6) is 0 Å². The Bertz CT molecular complexity index is 660. The lowest BCUT2D eigenvalue weighted by molar-refractivity contribution is 0.536. The maximum atomic E-state index is 4.78. The summed E-state index contributed by atoms with van der Waals surface area (Å²) in [5.41, 5.74) is 1.29. The van der Waals surface area contributed by atoms with Gasteiger partial charge in [0.15, 0.2) is 5.96 Å². The average Bonchev–Trinajstić information content (AvgIpc) is 3.08. The lowest BCUT2D eigenvalue weighted by Gasteiger charge is -2.24. The SMILES string of the molecule is CCNC(=NCC(C)(C)c1ccccc1)NCCn1cnnc1CC. The van der Waals surface area contributed by atoms with Crippen molar-refractivity contribution >= 4 is 5.96 Å². The molecular weight excluding hydrogens is 312 g/mol. The van der Waals surface area contributed by atoms with Crippen LogP contribution in [-0.4, -0.2) is 40.4 Å². The minimum atomic E-state index is -0.00669. The Kier molecular flexibility index (Phi) is 6.98. The van der Waals surface area contributed by atoms with Crippen molar-refractivity contribution in [3.8, 4) is 0 Å². The van der Waals surface area contributed by atoms with Crippen molar-refractivity contribution in [3.63, 3.8) is 0 Å². The number of guanidine groups is 1. The van der Waals surface area contributed by atoms with Crippen LogP contribution in [0.4, 0.5) is 0 Å². The molecule has 6 nitrogen and oxygen atoms in total. The quantitative estimate of drug-likeness (QED) is 0.571. The number of aromatic nitrogens is 3. The summed E-state index contributed by atoms with van der Waals surface area (Å²) in [5.74, 6) is 1.85. The van der Waals surface area contributed by atoms with Crippen molar-refractivity contribution in [2.24, 2.45) is 4.99 Å². The van der Waals surface area contributed by atoms with Gasteiger partial charge in [0, 0.05) is 31.5 Å². The van der Waals surface area contributed by atoms with E-state index < -0.39 is 0 Å². The van der Waals surface area contributed by atoms with Gasteiger partial charge in [0.25, 0.3) is 0 Å². The van der Waals surface area contributed by atoms with Crippen LogP contribution in [-0.2, 0) is 18.4 Å². The highest BCUT2D eigenvalue weighted by Gasteiger charge is 2.20. The number of benzene rings is 1. The monoisotopic (exact) mass is 342 g/mol. The van der Waals surface area contributed by atoms with Gasteiger partial charge in [-0.15, -0.1) is 10.2 Å². The Morgan fingerprint density at radius 3 is 2.60 bits per heavy atom. The van der Waals surface area contributed by atoms with Crippen LogP contribution in [0, 0.1) is 0 Å². The molecule has 0 aliphatic heterocycles. The summed E-state index contributed by atoms with van der Waals surface area (Å²) in [6, 6.07) is 10.5. The zero-order valence-corrected chi connectivity index (χ0v) is 15.8. The molecule has 25 heavy (non-hydrogen) atoms. The van der Waals surface area contributed by atoms with Gasteiger partial charge in [-0.25, -0.2) is 0 Å². The van der Waals surface area contributed by atoms with Gasteiger partial charge in [-0.2, -0.15) is 0 Å². The lowest BCUT2D eigenvalue weighted by atomic mass is 9.85. The van der Waals surface area contributed by atoms with Crippen molar-refractivity contribution in [3.05, 3.63) is 48.0 Å². The standard InChI is InChI=1S/C19H30N6/c1-5-17-24-23-15-25(17)13-12-21-18(20-6-2)22-14-19(3,4)16-10-8-7-9-11-16/h7-11,15H,5-6,12-14H2,1-4H3,(H2,20,21,22). The highest BCUT2D eigenvalue weighted by molar-refractivity contribution is 5.79. The Labute approximate surface area is 150 Å². The average molecular weight is 342 g/mol. The molecule has 136 valence electrons. The summed E-state index contributed by atoms with van der Waals surface area (Å²) in [4.78, 5) is 4.78. The Morgan fingerprint density at radius 2 is 1.92 bits per heavy atom. The fourth-order valence-corrected chi connectivity index (χ4v) is 2.63. The first-order valence-corrected chi connectivity index (χ1v) is 9.01. The molecular formula is C19H30N6. The topological polar surface area (TPSA) is 67.1 Å². The van der Waals surface area contributed by atoms with E-state index in [0.29, 0.717) is 0 Å². The second-order valence-electron chi connectivity index (χ2n) is 6.67. The number of nitrogens with one attached hydrogen (secondary N) is 2. The van der Waals surface area contributed by atoms with Crippen LogP contribution >= 0.6 is 0 Å². The van der Waals surface area contributed by atoms with Gasteiger partial charge < -0.3 is 15.2 Å². The van der Waals surface area contributed by atoms with E-state index in [-0.39, 0.29) is 5.41 Å². The molecule has 0 amide bonds. The summed E-state index contributed by atoms with van der Waals surface area (Å²) in [6.45, 7) is 11.8. The Hall–Kier alpha value is -2.37. The molecule has 0 saturated heterocycles. The fraction of sp³-hybridized carbons (Fsp3) is 0.526. The Morgan fingerprint density at radius 1 is 1.16 bits per heavy atom. The van der Waals surface area contributed by atoms with Crippen LogP contribution in [0.2, 0.25) is 0 Å². The highest BCUT2D eigenvalue weighted by Crippen LogP contribution is 2.22. The number of nitrogens with zero attached hydrogens (tertiary/aromatic N) is 4. The van der Waals surface area contributed by atoms with Crippen molar-refractivity contribution in [1.29, 1.82) is 0 Å². The summed E-state index contributed by atoms with van der Waals surface area (Å²) in [6.07, 6.45) is 2.67. The molecule has 2 aromatic rings. The third-order valence-electron chi connectivity index (χ3n) is 4.19. The van der Waals surface area contributed by atoms with Gasteiger partial charge in [-0.1, -0.05) is 51.1 Å². The molecule has 0 fully saturated rings. The lowest BCUT2D eigenvalue weighted by Crippen LogP contribution is -2.40. The first-order valence-electron chi connectivity index (χ1n) is 9.01. The van der Waals surface area contributed by atoms with Crippen LogP contribution in [0.3, 0.4) is 0 Å². The van der Waals surface area contributed by atoms with Gasteiger partial charge in [-0.05, 0) is 12.5 Å². The first kappa shape index (κ1) is 19.0. The molecule has 1 heterocycles. The van der Waals surface area contributed by atoms with Gasteiger partial charge >= 0.3 is 0 Å². The van der Waals surface area contributed by atoms with E-state index in [1.54, 1.807) is 6.33 Å². The summed E-state index contributed by atoms with van der Waals surface area (Å²) >= 11 is 0. The molecule has 0 aliphatic carbocycles. The molecule has 6 heteroatoms. The zero-order valence-electron chi connectivity index (χ0n) is 15.8. The third-order valence-corrected chi connectivity index (χ3v) is 4.19. The largest absolute Gasteiger partial charge is 0.357 e. The molecule has 0 radical (unpaired) electrons. The molecule has 0 aliphatic rings. The molecule has 1 aromatic heterocycles. The van der Waals surface area contributed by atoms with Gasteiger partial charge in [0.1, 0.15) is 12.2 Å². The number of hydrogen-bond acceptors (Lipinski definition) is 3. The van der Waals surface area contributed by atoms with Gasteiger partial charge in [0.2, 0.25) is 0 Å². The van der Waals surface area contributed by atoms with Crippen molar-refractivity contribution < 1.29 is 0 Å². The minimum Gasteiger partial charge on any atom is -0.357 e. The second kappa shape index (κ2) is 9.20. The maximum Gasteiger partial charge on any atom is 0.191 e. The van der Waals surface area contributed by atoms with E-state index in [1.165, 1.54) is 5.56 Å². The molecule has 0 unspecified atom stereocenters. The maximum absolute atomic E-state index is 4.78. The number of aliphatic imine (C=N–C) groups is 1. The summed E-state index contributed by atoms with van der Waals surface area (Å²) in [5, 5.41) is 14.8. The molecule has 0 atom stereocenters. The second-order valence-corrected chi connectivity index (χ2v) is 6.67. The van der Waals surface area contributed by atoms with E-state index >= 15 is 0 Å². The molecule has 2 N–H and O–H groups in total. The smallest absolute Gasteiger partial charge is 0.191 e. The predicted molar refractivity (Wildman–Crippen MR) is 103 cm³/mol. The van der Waals surface area contributed by atoms with E-state index in [2.05, 4.69) is 77.4 Å². The first-order chi connectivity index (χ1) is 12.1. The van der Waals surface area contributed by atoms with Crippen LogP contribution in [0.25, 0.3) is 0 Å². The van der Waals surface area contributed by atoms with E-state index in [4.69, 9.17) is 4.99 Å². The number of aryl methyl sites for hydroxylation is 1. The molecule has 0 bridgehead atoms. The van der Waals surface area contributed by atoms with Crippen LogP contribution in [0.1, 0.15) is 39.1 Å². The normalized spacial score (nSPS) is 12.2. The van der Waals surface area contributed by atoms with Crippen molar-refractivity contribution in [1.82, 2.24) is 25.4 Å². The van der Waals surface area contributed by atoms with Gasteiger partial charge in [0.05, 0.1) is 6.54 Å². The van der Waals surface area contributed by atoms with Crippen molar-refractivity contribution in [2.45, 2.75) is 46.1 Å². The third kappa shape index (κ3) is 5.59. The van der Waals surface area contributed by atoms with Gasteiger partial charge in [-0.3, -0.25) is 4.99 Å². The van der Waals surface area contributed by atoms with E-state index in [9.17, 15) is 0 Å². The predicted octanol–water partition coefficient (Wildman–Crippen LogP) is 2.37. The van der Waals surface area contributed by atoms with Crippen molar-refractivity contribution in [2.75, 3.05) is 19.6 Å². The molecule has 0 spiro atoms. The van der Waals surface area contributed by atoms with E-state index in [0.717, 1.165) is 44.4 Å². The minimum absolute atomic E-state index is 0.00669. The Balaban J connectivity index is 1.94. The molecule has 2 rings (SSSR count). The molecule has 0 saturated carbocycles. The summed E-state index contributed by atoms with van der Waals surface area (Å²) < 4.78 is 2.07. The van der Waals surface area contributed by atoms with E-state index in [1.807, 2.05) is 6.07 Å². The number of rotatable bonds is 8. The fourth-order valence-electron chi connectivity index (χ4n) is 2.63. The zero-order chi connectivity index (χ0) is 18.1. The summed E-state index contributed by atoms with van der Waals surface area (Å²) in [7, 11) is 0. The molecule has 1 aromatic carbocycles.